The van der Waals surface area contributed by atoms with Gasteiger partial charge in [-0.3, -0.25) is 4.90 Å². The molecular formula is C20H24FNO3. The summed E-state index contributed by atoms with van der Waals surface area (Å²) in [6.07, 6.45) is -0.800. The fourth-order valence-electron chi connectivity index (χ4n) is 3.25. The van der Waals surface area contributed by atoms with Crippen LogP contribution >= 0.6 is 0 Å². The Bertz CT molecular complexity index is 674. The molecule has 3 rings (SSSR count). The van der Waals surface area contributed by atoms with Gasteiger partial charge in [-0.15, -0.1) is 0 Å². The number of hydrogen-bond acceptors (Lipinski definition) is 4. The number of rotatable bonds is 6. The van der Waals surface area contributed by atoms with Crippen LogP contribution in [-0.4, -0.2) is 50.0 Å². The van der Waals surface area contributed by atoms with E-state index in [1.54, 1.807) is 12.1 Å². The third kappa shape index (κ3) is 4.37. The molecule has 2 atom stereocenters. The zero-order valence-electron chi connectivity index (χ0n) is 14.4. The van der Waals surface area contributed by atoms with E-state index in [-0.39, 0.29) is 11.7 Å². The van der Waals surface area contributed by atoms with Gasteiger partial charge in [0, 0.05) is 25.6 Å². The fourth-order valence-corrected chi connectivity index (χ4v) is 3.25. The Morgan fingerprint density at radius 3 is 2.48 bits per heavy atom. The van der Waals surface area contributed by atoms with Gasteiger partial charge in [-0.2, -0.15) is 0 Å². The molecule has 5 heteroatoms. The van der Waals surface area contributed by atoms with Crippen molar-refractivity contribution in [2.45, 2.75) is 12.0 Å². The predicted octanol–water partition coefficient (Wildman–Crippen LogP) is 2.98. The molecule has 2 aromatic carbocycles. The highest BCUT2D eigenvalue weighted by molar-refractivity contribution is 5.33. The molecule has 0 aliphatic carbocycles. The van der Waals surface area contributed by atoms with Crippen molar-refractivity contribution < 1.29 is 19.0 Å². The maximum atomic E-state index is 14.1. The second-order valence-electron chi connectivity index (χ2n) is 6.27. The van der Waals surface area contributed by atoms with Gasteiger partial charge >= 0.3 is 0 Å². The van der Waals surface area contributed by atoms with Gasteiger partial charge < -0.3 is 14.6 Å². The number of hydrogen-bond donors (Lipinski definition) is 1. The number of benzene rings is 2. The van der Waals surface area contributed by atoms with E-state index in [2.05, 4.69) is 4.90 Å². The molecule has 2 aromatic rings. The van der Waals surface area contributed by atoms with Crippen molar-refractivity contribution in [3.63, 3.8) is 0 Å². The van der Waals surface area contributed by atoms with E-state index in [0.29, 0.717) is 25.3 Å². The lowest BCUT2D eigenvalue weighted by atomic mass is 9.88. The van der Waals surface area contributed by atoms with Crippen LogP contribution in [0.4, 0.5) is 4.39 Å². The van der Waals surface area contributed by atoms with Gasteiger partial charge in [0.05, 0.1) is 26.4 Å². The Labute approximate surface area is 147 Å². The van der Waals surface area contributed by atoms with Crippen molar-refractivity contribution >= 4 is 0 Å². The van der Waals surface area contributed by atoms with Crippen LogP contribution in [0.5, 0.6) is 5.75 Å². The van der Waals surface area contributed by atoms with Gasteiger partial charge in [0.15, 0.2) is 11.6 Å². The van der Waals surface area contributed by atoms with Crippen molar-refractivity contribution in [1.82, 2.24) is 4.90 Å². The summed E-state index contributed by atoms with van der Waals surface area (Å²) in [7, 11) is 1.43. The lowest BCUT2D eigenvalue weighted by Gasteiger charge is -2.33. The van der Waals surface area contributed by atoms with Gasteiger partial charge in [-0.1, -0.05) is 36.4 Å². The standard InChI is InChI=1S/C20H24FNO3/c1-24-19-8-7-16(13-18(19)21)20(23)17(15-5-3-2-4-6-15)14-22-9-11-25-12-10-22/h2-8,13,17,20,23H,9-12,14H2,1H3/t17-,20+/m0/s1. The molecule has 4 nitrogen and oxygen atoms in total. The molecule has 25 heavy (non-hydrogen) atoms. The highest BCUT2D eigenvalue weighted by Gasteiger charge is 2.26. The van der Waals surface area contributed by atoms with E-state index >= 15 is 0 Å². The molecule has 1 aliphatic heterocycles. The molecule has 0 bridgehead atoms. The largest absolute Gasteiger partial charge is 0.494 e. The Balaban J connectivity index is 1.86. The summed E-state index contributed by atoms with van der Waals surface area (Å²) in [6, 6.07) is 14.5. The first-order valence-electron chi connectivity index (χ1n) is 8.55. The highest BCUT2D eigenvalue weighted by atomic mass is 19.1. The van der Waals surface area contributed by atoms with Gasteiger partial charge in [0.1, 0.15) is 0 Å². The first-order valence-corrected chi connectivity index (χ1v) is 8.55. The van der Waals surface area contributed by atoms with E-state index in [1.807, 2.05) is 30.3 Å². The Hall–Kier alpha value is -1.95. The Morgan fingerprint density at radius 2 is 1.84 bits per heavy atom. The van der Waals surface area contributed by atoms with Crippen LogP contribution in [0.2, 0.25) is 0 Å². The molecule has 0 aromatic heterocycles. The zero-order valence-corrected chi connectivity index (χ0v) is 14.4. The van der Waals surface area contributed by atoms with E-state index in [1.165, 1.54) is 13.2 Å². The van der Waals surface area contributed by atoms with Crippen molar-refractivity contribution in [2.24, 2.45) is 0 Å². The van der Waals surface area contributed by atoms with Crippen LogP contribution < -0.4 is 4.74 Å². The minimum Gasteiger partial charge on any atom is -0.494 e. The topological polar surface area (TPSA) is 41.9 Å². The maximum absolute atomic E-state index is 14.1. The summed E-state index contributed by atoms with van der Waals surface area (Å²) in [5, 5.41) is 11.0. The van der Waals surface area contributed by atoms with E-state index in [9.17, 15) is 9.50 Å². The fraction of sp³-hybridized carbons (Fsp3) is 0.400. The average molecular weight is 345 g/mol. The van der Waals surface area contributed by atoms with Crippen molar-refractivity contribution in [3.05, 3.63) is 65.5 Å². The van der Waals surface area contributed by atoms with E-state index in [0.717, 1.165) is 18.7 Å². The normalized spacial score (nSPS) is 17.9. The molecule has 1 aliphatic rings. The summed E-state index contributed by atoms with van der Waals surface area (Å²) in [5.41, 5.74) is 1.60. The molecular weight excluding hydrogens is 321 g/mol. The Kier molecular flexibility index (Phi) is 6.02. The maximum Gasteiger partial charge on any atom is 0.165 e. The average Bonchev–Trinajstić information content (AvgIpc) is 2.67. The molecule has 0 unspecified atom stereocenters. The number of morpholine rings is 1. The van der Waals surface area contributed by atoms with Crippen molar-refractivity contribution in [3.8, 4) is 5.75 Å². The summed E-state index contributed by atoms with van der Waals surface area (Å²) in [6.45, 7) is 3.78. The minimum atomic E-state index is -0.800. The second kappa shape index (κ2) is 8.43. The van der Waals surface area contributed by atoms with Crippen LogP contribution in [0.15, 0.2) is 48.5 Å². The molecule has 0 amide bonds. The van der Waals surface area contributed by atoms with Gasteiger partial charge in [0.25, 0.3) is 0 Å². The second-order valence-corrected chi connectivity index (χ2v) is 6.27. The number of nitrogens with zero attached hydrogens (tertiary/aromatic N) is 1. The predicted molar refractivity (Wildman–Crippen MR) is 94.4 cm³/mol. The SMILES string of the molecule is COc1ccc([C@@H](O)[C@@H](CN2CCOCC2)c2ccccc2)cc1F. The zero-order chi connectivity index (χ0) is 17.6. The van der Waals surface area contributed by atoms with Crippen LogP contribution in [0.3, 0.4) is 0 Å². The number of halogens is 1. The van der Waals surface area contributed by atoms with Crippen LogP contribution in [0, 0.1) is 5.82 Å². The van der Waals surface area contributed by atoms with E-state index in [4.69, 9.17) is 9.47 Å². The molecule has 1 heterocycles. The van der Waals surface area contributed by atoms with Crippen molar-refractivity contribution in [2.75, 3.05) is 40.0 Å². The summed E-state index contributed by atoms with van der Waals surface area (Å²) in [4.78, 5) is 2.28. The molecule has 0 radical (unpaired) electrons. The third-order valence-electron chi connectivity index (χ3n) is 4.68. The lowest BCUT2D eigenvalue weighted by molar-refractivity contribution is 0.0239. The van der Waals surface area contributed by atoms with Crippen LogP contribution in [0.25, 0.3) is 0 Å². The molecule has 0 saturated carbocycles. The number of methoxy groups -OCH3 is 1. The van der Waals surface area contributed by atoms with Crippen molar-refractivity contribution in [1.29, 1.82) is 0 Å². The first-order chi connectivity index (χ1) is 12.2. The quantitative estimate of drug-likeness (QED) is 0.874. The molecule has 1 saturated heterocycles. The van der Waals surface area contributed by atoms with Gasteiger partial charge in [-0.05, 0) is 23.3 Å². The van der Waals surface area contributed by atoms with Crippen LogP contribution in [0.1, 0.15) is 23.1 Å². The van der Waals surface area contributed by atoms with Gasteiger partial charge in [-0.25, -0.2) is 4.39 Å². The summed E-state index contributed by atoms with van der Waals surface area (Å²) in [5.74, 6) is -0.426. The van der Waals surface area contributed by atoms with Gasteiger partial charge in [0.2, 0.25) is 0 Å². The third-order valence-corrected chi connectivity index (χ3v) is 4.68. The molecule has 1 N–H and O–H groups in total. The van der Waals surface area contributed by atoms with E-state index < -0.39 is 11.9 Å². The number of ether oxygens (including phenoxy) is 2. The number of aliphatic hydroxyl groups is 1. The molecule has 0 spiro atoms. The summed E-state index contributed by atoms with van der Waals surface area (Å²) < 4.78 is 24.4. The summed E-state index contributed by atoms with van der Waals surface area (Å²) >= 11 is 0. The highest BCUT2D eigenvalue weighted by Crippen LogP contribution is 2.33. The number of aliphatic hydroxyl groups excluding tert-OH is 1. The smallest absolute Gasteiger partial charge is 0.165 e. The molecule has 1 fully saturated rings. The van der Waals surface area contributed by atoms with Crippen LogP contribution in [-0.2, 0) is 4.74 Å². The molecule has 134 valence electrons. The minimum absolute atomic E-state index is 0.146. The monoisotopic (exact) mass is 345 g/mol. The lowest BCUT2D eigenvalue weighted by Crippen LogP contribution is -2.40. The first kappa shape index (κ1) is 17.9. The Morgan fingerprint density at radius 1 is 1.12 bits per heavy atom.